The third kappa shape index (κ3) is 4.39. The lowest BCUT2D eigenvalue weighted by Gasteiger charge is -2.16. The van der Waals surface area contributed by atoms with Crippen LogP contribution in [0.2, 0.25) is 0 Å². The Kier molecular flexibility index (Phi) is 5.08. The van der Waals surface area contributed by atoms with Gasteiger partial charge in [-0.2, -0.15) is 0 Å². The molecule has 1 aromatic heterocycles. The molecule has 0 aliphatic heterocycles. The van der Waals surface area contributed by atoms with Gasteiger partial charge in [0.25, 0.3) is 0 Å². The summed E-state index contributed by atoms with van der Waals surface area (Å²) in [6.07, 6.45) is 2.05. The highest BCUT2D eigenvalue weighted by molar-refractivity contribution is 7.10. The Bertz CT molecular complexity index is 652. The molecule has 1 N–H and O–H groups in total. The lowest BCUT2D eigenvalue weighted by molar-refractivity contribution is -0.132. The summed E-state index contributed by atoms with van der Waals surface area (Å²) in [6, 6.07) is 9.95. The Morgan fingerprint density at radius 3 is 2.78 bits per heavy atom. The van der Waals surface area contributed by atoms with E-state index in [9.17, 15) is 4.79 Å². The second-order valence-corrected chi connectivity index (χ2v) is 6.98. The fourth-order valence-corrected chi connectivity index (χ4v) is 3.10. The molecule has 0 radical (unpaired) electrons. The van der Waals surface area contributed by atoms with Crippen LogP contribution in [0.5, 0.6) is 0 Å². The van der Waals surface area contributed by atoms with Crippen LogP contribution in [0.25, 0.3) is 11.3 Å². The quantitative estimate of drug-likeness (QED) is 0.840. The monoisotopic (exact) mass is 330 g/mol. The molecule has 1 fully saturated rings. The molecule has 2 atom stereocenters. The Hall–Kier alpha value is -1.72. The van der Waals surface area contributed by atoms with Crippen molar-refractivity contribution in [2.24, 2.45) is 5.92 Å². The van der Waals surface area contributed by atoms with Gasteiger partial charge in [-0.3, -0.25) is 4.79 Å². The first-order chi connectivity index (χ1) is 11.1. The van der Waals surface area contributed by atoms with Gasteiger partial charge in [0.15, 0.2) is 0 Å². The maximum atomic E-state index is 12.2. The minimum absolute atomic E-state index is 0.0744. The van der Waals surface area contributed by atoms with Crippen LogP contribution in [0.15, 0.2) is 35.7 Å². The first-order valence-corrected chi connectivity index (χ1v) is 8.94. The molecule has 23 heavy (non-hydrogen) atoms. The lowest BCUT2D eigenvalue weighted by Crippen LogP contribution is -2.36. The van der Waals surface area contributed by atoms with Crippen LogP contribution in [0, 0.1) is 5.92 Å². The van der Waals surface area contributed by atoms with Crippen molar-refractivity contribution in [1.82, 2.24) is 10.3 Å². The maximum absolute atomic E-state index is 12.2. The fraction of sp³-hybridized carbons (Fsp3) is 0.444. The van der Waals surface area contributed by atoms with E-state index in [1.54, 1.807) is 11.3 Å². The molecule has 0 unspecified atom stereocenters. The van der Waals surface area contributed by atoms with Crippen LogP contribution in [-0.2, 0) is 9.53 Å². The standard InChI is InChI=1S/C18H22N2O2S/c1-12(19-17(21)13(2)22-10-14-8-9-14)18-20-16(11-23-18)15-6-4-3-5-7-15/h3-7,11-14H,8-10H2,1-2H3,(H,19,21)/t12-,13+/m1/s1. The highest BCUT2D eigenvalue weighted by Crippen LogP contribution is 2.29. The van der Waals surface area contributed by atoms with Crippen LogP contribution in [0.1, 0.15) is 37.7 Å². The molecule has 1 amide bonds. The van der Waals surface area contributed by atoms with Crippen molar-refractivity contribution < 1.29 is 9.53 Å². The molecule has 0 bridgehead atoms. The topological polar surface area (TPSA) is 51.2 Å². The Labute approximate surface area is 140 Å². The number of ether oxygens (including phenoxy) is 1. The first-order valence-electron chi connectivity index (χ1n) is 8.06. The van der Waals surface area contributed by atoms with Crippen molar-refractivity contribution >= 4 is 17.2 Å². The largest absolute Gasteiger partial charge is 0.368 e. The van der Waals surface area contributed by atoms with Crippen molar-refractivity contribution in [1.29, 1.82) is 0 Å². The van der Waals surface area contributed by atoms with Gasteiger partial charge in [-0.15, -0.1) is 11.3 Å². The number of nitrogens with one attached hydrogen (secondary N) is 1. The predicted molar refractivity (Wildman–Crippen MR) is 92.2 cm³/mol. The van der Waals surface area contributed by atoms with Crippen LogP contribution >= 0.6 is 11.3 Å². The van der Waals surface area contributed by atoms with E-state index in [-0.39, 0.29) is 11.9 Å². The van der Waals surface area contributed by atoms with Gasteiger partial charge < -0.3 is 10.1 Å². The molecule has 5 heteroatoms. The highest BCUT2D eigenvalue weighted by atomic mass is 32.1. The van der Waals surface area contributed by atoms with Crippen LogP contribution in [-0.4, -0.2) is 23.6 Å². The summed E-state index contributed by atoms with van der Waals surface area (Å²) >= 11 is 1.57. The SMILES string of the molecule is C[C@H](OCC1CC1)C(=O)N[C@H](C)c1nc(-c2ccccc2)cs1. The van der Waals surface area contributed by atoms with E-state index in [1.165, 1.54) is 12.8 Å². The van der Waals surface area contributed by atoms with Crippen molar-refractivity contribution in [3.05, 3.63) is 40.7 Å². The summed E-state index contributed by atoms with van der Waals surface area (Å²) in [6.45, 7) is 4.46. The van der Waals surface area contributed by atoms with Crippen LogP contribution in [0.3, 0.4) is 0 Å². The normalized spacial score (nSPS) is 16.8. The third-order valence-corrected chi connectivity index (χ3v) is 5.00. The van der Waals surface area contributed by atoms with Crippen LogP contribution < -0.4 is 5.32 Å². The highest BCUT2D eigenvalue weighted by Gasteiger charge is 2.25. The molecule has 2 aromatic rings. The molecule has 1 aliphatic carbocycles. The number of rotatable bonds is 7. The summed E-state index contributed by atoms with van der Waals surface area (Å²) in [5.74, 6) is 0.588. The second kappa shape index (κ2) is 7.23. The predicted octanol–water partition coefficient (Wildman–Crippen LogP) is 3.80. The number of carbonyl (C=O) groups is 1. The van der Waals surface area contributed by atoms with Gasteiger partial charge in [-0.25, -0.2) is 4.98 Å². The summed E-state index contributed by atoms with van der Waals surface area (Å²) in [5.41, 5.74) is 2.04. The zero-order valence-corrected chi connectivity index (χ0v) is 14.3. The Morgan fingerprint density at radius 2 is 2.09 bits per heavy atom. The molecule has 0 saturated heterocycles. The molecular weight excluding hydrogens is 308 g/mol. The molecule has 1 aromatic carbocycles. The third-order valence-electron chi connectivity index (χ3n) is 3.97. The average Bonchev–Trinajstić information content (AvgIpc) is 3.26. The molecule has 0 spiro atoms. The summed E-state index contributed by atoms with van der Waals surface area (Å²) in [7, 11) is 0. The molecule has 4 nitrogen and oxygen atoms in total. The van der Waals surface area contributed by atoms with Gasteiger partial charge in [0.2, 0.25) is 5.91 Å². The van der Waals surface area contributed by atoms with Gasteiger partial charge in [-0.05, 0) is 32.6 Å². The number of carbonyl (C=O) groups excluding carboxylic acids is 1. The number of amides is 1. The summed E-state index contributed by atoms with van der Waals surface area (Å²) in [5, 5.41) is 5.93. The molecule has 1 saturated carbocycles. The molecular formula is C18H22N2O2S. The van der Waals surface area contributed by atoms with E-state index in [1.807, 2.05) is 49.6 Å². The van der Waals surface area contributed by atoms with E-state index in [2.05, 4.69) is 10.3 Å². The molecule has 122 valence electrons. The zero-order chi connectivity index (χ0) is 16.2. The fourth-order valence-electron chi connectivity index (χ4n) is 2.26. The number of thiazole rings is 1. The Balaban J connectivity index is 1.56. The first kappa shape index (κ1) is 16.1. The maximum Gasteiger partial charge on any atom is 0.249 e. The van der Waals surface area contributed by atoms with Gasteiger partial charge in [0.05, 0.1) is 18.3 Å². The van der Waals surface area contributed by atoms with Gasteiger partial charge in [-0.1, -0.05) is 30.3 Å². The number of hydrogen-bond donors (Lipinski definition) is 1. The number of benzene rings is 1. The smallest absolute Gasteiger partial charge is 0.249 e. The van der Waals surface area contributed by atoms with Crippen molar-refractivity contribution in [3.8, 4) is 11.3 Å². The van der Waals surface area contributed by atoms with Gasteiger partial charge >= 0.3 is 0 Å². The van der Waals surface area contributed by atoms with E-state index in [0.29, 0.717) is 12.5 Å². The number of hydrogen-bond acceptors (Lipinski definition) is 4. The van der Waals surface area contributed by atoms with E-state index in [0.717, 1.165) is 16.3 Å². The average molecular weight is 330 g/mol. The number of aromatic nitrogens is 1. The zero-order valence-electron chi connectivity index (χ0n) is 13.5. The van der Waals surface area contributed by atoms with Crippen molar-refractivity contribution in [2.45, 2.75) is 38.8 Å². The minimum Gasteiger partial charge on any atom is -0.368 e. The minimum atomic E-state index is -0.411. The molecule has 3 rings (SSSR count). The van der Waals surface area contributed by atoms with Gasteiger partial charge in [0.1, 0.15) is 11.1 Å². The Morgan fingerprint density at radius 1 is 1.35 bits per heavy atom. The van der Waals surface area contributed by atoms with Crippen molar-refractivity contribution in [3.63, 3.8) is 0 Å². The lowest BCUT2D eigenvalue weighted by atomic mass is 10.2. The van der Waals surface area contributed by atoms with E-state index in [4.69, 9.17) is 4.74 Å². The van der Waals surface area contributed by atoms with E-state index < -0.39 is 6.10 Å². The second-order valence-electron chi connectivity index (χ2n) is 6.09. The van der Waals surface area contributed by atoms with E-state index >= 15 is 0 Å². The van der Waals surface area contributed by atoms with Gasteiger partial charge in [0, 0.05) is 10.9 Å². The summed E-state index contributed by atoms with van der Waals surface area (Å²) in [4.78, 5) is 16.8. The van der Waals surface area contributed by atoms with Crippen LogP contribution in [0.4, 0.5) is 0 Å². The van der Waals surface area contributed by atoms with Crippen molar-refractivity contribution in [2.75, 3.05) is 6.61 Å². The molecule has 1 aliphatic rings. The summed E-state index contributed by atoms with van der Waals surface area (Å²) < 4.78 is 5.61. The number of nitrogens with zero attached hydrogens (tertiary/aromatic N) is 1. The molecule has 1 heterocycles.